The van der Waals surface area contributed by atoms with Crippen LogP contribution in [0.15, 0.2) is 0 Å². The second-order valence-corrected chi connectivity index (χ2v) is 12.6. The van der Waals surface area contributed by atoms with Gasteiger partial charge in [0.1, 0.15) is 0 Å². The molecule has 29 heavy (non-hydrogen) atoms. The summed E-state index contributed by atoms with van der Waals surface area (Å²) >= 11 is -5.72. The van der Waals surface area contributed by atoms with Gasteiger partial charge in [0.05, 0.1) is 0 Å². The minimum absolute atomic E-state index is 0.457. The van der Waals surface area contributed by atoms with Gasteiger partial charge in [-0.2, -0.15) is 0 Å². The molecular weight excluding hydrogens is 487 g/mol. The Labute approximate surface area is 180 Å². The molecule has 0 aliphatic carbocycles. The van der Waals surface area contributed by atoms with Gasteiger partial charge in [-0.15, -0.1) is 0 Å². The van der Waals surface area contributed by atoms with Crippen LogP contribution in [0.4, 0.5) is 0 Å². The third-order valence-electron chi connectivity index (χ3n) is 4.96. The molecule has 0 spiro atoms. The van der Waals surface area contributed by atoms with Crippen LogP contribution in [0.1, 0.15) is 81.1 Å². The first-order chi connectivity index (χ1) is 13.5. The number of rotatable bonds is 12. The molecule has 0 aromatic heterocycles. The molecule has 0 fully saturated rings. The van der Waals surface area contributed by atoms with Gasteiger partial charge in [0, 0.05) is 0 Å². The second kappa shape index (κ2) is 13.1. The molecule has 0 radical (unpaired) electrons. The quantitative estimate of drug-likeness (QED) is 0.356. The van der Waals surface area contributed by atoms with Crippen molar-refractivity contribution in [1.82, 2.24) is 0 Å². The number of carbonyl (C=O) groups excluding carboxylic acids is 4. The fraction of sp³-hybridized carbons (Fsp3) is 0.800. The maximum atomic E-state index is 12.5. The number of hydrogen-bond donors (Lipinski definition) is 0. The van der Waals surface area contributed by atoms with Crippen molar-refractivity contribution in [1.29, 1.82) is 0 Å². The average molecular weight is 523 g/mol. The van der Waals surface area contributed by atoms with E-state index in [0.29, 0.717) is 25.7 Å². The minimum atomic E-state index is -5.72. The molecule has 4 unspecified atom stereocenters. The molecule has 0 bridgehead atoms. The molecular formula is C20H36O8Sn. The van der Waals surface area contributed by atoms with Crippen LogP contribution < -0.4 is 0 Å². The predicted octanol–water partition coefficient (Wildman–Crippen LogP) is 3.78. The molecule has 0 aromatic carbocycles. The molecule has 8 nitrogen and oxygen atoms in total. The van der Waals surface area contributed by atoms with Gasteiger partial charge in [-0.1, -0.05) is 0 Å². The molecule has 0 heterocycles. The summed E-state index contributed by atoms with van der Waals surface area (Å²) in [4.78, 5) is 50.0. The van der Waals surface area contributed by atoms with Gasteiger partial charge >= 0.3 is 180 Å². The van der Waals surface area contributed by atoms with Gasteiger partial charge < -0.3 is 0 Å². The van der Waals surface area contributed by atoms with Crippen LogP contribution in [0.5, 0.6) is 0 Å². The van der Waals surface area contributed by atoms with Crippen LogP contribution in [-0.4, -0.2) is 43.9 Å². The van der Waals surface area contributed by atoms with Crippen molar-refractivity contribution in [2.45, 2.75) is 81.1 Å². The molecule has 0 saturated heterocycles. The van der Waals surface area contributed by atoms with E-state index in [0.717, 1.165) is 0 Å². The fourth-order valence-electron chi connectivity index (χ4n) is 1.69. The van der Waals surface area contributed by atoms with E-state index >= 15 is 0 Å². The Hall–Kier alpha value is -1.32. The standard InChI is InChI=1S/4C5H10O2.Sn/c4*1-3-4(2)5(6)7;/h4*4H,3H2,1-2H3,(H,6,7);/q;;;;+4/p-4. The van der Waals surface area contributed by atoms with Gasteiger partial charge in [0.2, 0.25) is 0 Å². The van der Waals surface area contributed by atoms with E-state index in [4.69, 9.17) is 12.3 Å². The summed E-state index contributed by atoms with van der Waals surface area (Å²) in [6.45, 7) is 13.6. The van der Waals surface area contributed by atoms with Crippen molar-refractivity contribution >= 4 is 43.9 Å². The molecule has 0 aromatic rings. The van der Waals surface area contributed by atoms with Gasteiger partial charge in [0.25, 0.3) is 0 Å². The van der Waals surface area contributed by atoms with Crippen LogP contribution in [0.2, 0.25) is 0 Å². The summed E-state index contributed by atoms with van der Waals surface area (Å²) in [5.41, 5.74) is 0. The Kier molecular flexibility index (Phi) is 12.5. The maximum absolute atomic E-state index is 12.5. The van der Waals surface area contributed by atoms with Gasteiger partial charge in [-0.05, 0) is 0 Å². The van der Waals surface area contributed by atoms with Crippen molar-refractivity contribution in [3.05, 3.63) is 0 Å². The summed E-state index contributed by atoms with van der Waals surface area (Å²) in [6.07, 6.45) is 1.83. The summed E-state index contributed by atoms with van der Waals surface area (Å²) in [5, 5.41) is 0. The average Bonchev–Trinajstić information content (AvgIpc) is 2.70. The fourth-order valence-corrected chi connectivity index (χ4v) is 7.51. The van der Waals surface area contributed by atoms with E-state index in [1.165, 1.54) is 0 Å². The Bertz CT molecular complexity index is 475. The molecule has 0 amide bonds. The van der Waals surface area contributed by atoms with Gasteiger partial charge in [-0.3, -0.25) is 0 Å². The predicted molar refractivity (Wildman–Crippen MR) is 108 cm³/mol. The molecule has 0 aliphatic heterocycles. The molecule has 0 aliphatic rings. The van der Waals surface area contributed by atoms with E-state index in [1.807, 2.05) is 0 Å². The van der Waals surface area contributed by atoms with E-state index in [1.54, 1.807) is 55.4 Å². The van der Waals surface area contributed by atoms with Crippen molar-refractivity contribution in [3.8, 4) is 0 Å². The van der Waals surface area contributed by atoms with E-state index in [2.05, 4.69) is 0 Å². The van der Waals surface area contributed by atoms with Crippen molar-refractivity contribution in [2.75, 3.05) is 0 Å². The Morgan fingerprint density at radius 1 is 0.517 bits per heavy atom. The first-order valence-electron chi connectivity index (χ1n) is 10.4. The molecule has 0 rings (SSSR count). The molecule has 168 valence electrons. The zero-order valence-corrected chi connectivity index (χ0v) is 21.8. The SMILES string of the molecule is CCC(C)C(=O)[O][Sn]([O]C(=O)C(C)CC)([O]C(=O)C(C)CC)[O]C(=O)C(C)CC. The Balaban J connectivity index is 6.11. The summed E-state index contributed by atoms with van der Waals surface area (Å²) < 4.78 is 21.7. The van der Waals surface area contributed by atoms with Crippen LogP contribution in [0.3, 0.4) is 0 Å². The first kappa shape index (κ1) is 27.7. The van der Waals surface area contributed by atoms with Crippen LogP contribution in [0, 0.1) is 23.7 Å². The molecule has 4 atom stereocenters. The van der Waals surface area contributed by atoms with Crippen molar-refractivity contribution < 1.29 is 31.5 Å². The summed E-state index contributed by atoms with van der Waals surface area (Å²) in [5.74, 6) is -5.08. The monoisotopic (exact) mass is 524 g/mol. The van der Waals surface area contributed by atoms with Crippen molar-refractivity contribution in [2.24, 2.45) is 23.7 Å². The number of hydrogen-bond acceptors (Lipinski definition) is 8. The molecule has 0 saturated carbocycles. The second-order valence-electron chi connectivity index (χ2n) is 7.42. The molecule has 0 N–H and O–H groups in total. The summed E-state index contributed by atoms with van der Waals surface area (Å²) in [7, 11) is 0. The summed E-state index contributed by atoms with van der Waals surface area (Å²) in [6, 6.07) is 0. The third kappa shape index (κ3) is 8.92. The van der Waals surface area contributed by atoms with Gasteiger partial charge in [-0.25, -0.2) is 0 Å². The van der Waals surface area contributed by atoms with Crippen LogP contribution >= 0.6 is 0 Å². The number of carbonyl (C=O) groups is 4. The van der Waals surface area contributed by atoms with Crippen LogP contribution in [-0.2, 0) is 31.5 Å². The Morgan fingerprint density at radius 2 is 0.690 bits per heavy atom. The third-order valence-corrected chi connectivity index (χ3v) is 10.1. The zero-order chi connectivity index (χ0) is 22.8. The van der Waals surface area contributed by atoms with E-state index in [9.17, 15) is 19.2 Å². The topological polar surface area (TPSA) is 105 Å². The molecule has 9 heteroatoms. The Morgan fingerprint density at radius 3 is 0.828 bits per heavy atom. The van der Waals surface area contributed by atoms with E-state index in [-0.39, 0.29) is 0 Å². The normalized spacial score (nSPS) is 17.1. The first-order valence-corrected chi connectivity index (χ1v) is 15.0. The zero-order valence-electron chi connectivity index (χ0n) is 18.9. The van der Waals surface area contributed by atoms with E-state index < -0.39 is 67.6 Å². The van der Waals surface area contributed by atoms with Crippen LogP contribution in [0.25, 0.3) is 0 Å². The van der Waals surface area contributed by atoms with Gasteiger partial charge in [0.15, 0.2) is 0 Å². The van der Waals surface area contributed by atoms with Crippen molar-refractivity contribution in [3.63, 3.8) is 0 Å².